The smallest absolute Gasteiger partial charge is 0.233 e. The molecule has 1 aromatic carbocycles. The fourth-order valence-electron chi connectivity index (χ4n) is 5.61. The summed E-state index contributed by atoms with van der Waals surface area (Å²) in [6, 6.07) is 11.8. The van der Waals surface area contributed by atoms with Gasteiger partial charge in [0.15, 0.2) is 0 Å². The molecule has 0 radical (unpaired) electrons. The van der Waals surface area contributed by atoms with Crippen molar-refractivity contribution in [3.8, 4) is 0 Å². The summed E-state index contributed by atoms with van der Waals surface area (Å²) < 4.78 is 0. The molecule has 3 rings (SSSR count). The number of hydrogen-bond acceptors (Lipinski definition) is 3. The van der Waals surface area contributed by atoms with Gasteiger partial charge in [0.1, 0.15) is 0 Å². The lowest BCUT2D eigenvalue weighted by atomic mass is 9.66. The number of amides is 1. The minimum absolute atomic E-state index is 0.181. The number of fused-ring (bicyclic) bond motifs is 1. The van der Waals surface area contributed by atoms with Gasteiger partial charge in [0, 0.05) is 31.2 Å². The second-order valence-corrected chi connectivity index (χ2v) is 9.16. The summed E-state index contributed by atoms with van der Waals surface area (Å²) in [6.07, 6.45) is 5.59. The topological polar surface area (TPSA) is 35.6 Å². The number of nitrogens with one attached hydrogen (secondary N) is 1. The molecule has 4 heteroatoms. The third-order valence-electron chi connectivity index (χ3n) is 6.98. The highest BCUT2D eigenvalue weighted by Gasteiger charge is 2.54. The third kappa shape index (κ3) is 3.86. The van der Waals surface area contributed by atoms with Crippen LogP contribution >= 0.6 is 0 Å². The summed E-state index contributed by atoms with van der Waals surface area (Å²) >= 11 is 0. The van der Waals surface area contributed by atoms with Crippen molar-refractivity contribution in [1.82, 2.24) is 15.1 Å². The number of rotatable bonds is 7. The van der Waals surface area contributed by atoms with Crippen molar-refractivity contribution in [2.75, 3.05) is 13.1 Å². The Morgan fingerprint density at radius 1 is 1.14 bits per heavy atom. The number of carbonyl (C=O) groups is 1. The molecule has 0 aromatic heterocycles. The van der Waals surface area contributed by atoms with Crippen molar-refractivity contribution in [2.45, 2.75) is 96.4 Å². The van der Waals surface area contributed by atoms with Crippen molar-refractivity contribution in [3.05, 3.63) is 35.9 Å². The first kappa shape index (κ1) is 21.3. The quantitative estimate of drug-likeness (QED) is 0.766. The van der Waals surface area contributed by atoms with Crippen LogP contribution in [0, 0.1) is 0 Å². The summed E-state index contributed by atoms with van der Waals surface area (Å²) in [5, 5.41) is 3.41. The molecule has 2 fully saturated rings. The average molecular weight is 386 g/mol. The van der Waals surface area contributed by atoms with Gasteiger partial charge in [-0.15, -0.1) is 0 Å². The van der Waals surface area contributed by atoms with Crippen LogP contribution in [-0.2, 0) is 10.2 Å². The Morgan fingerprint density at radius 2 is 1.82 bits per heavy atom. The van der Waals surface area contributed by atoms with E-state index in [4.69, 9.17) is 0 Å². The zero-order chi connectivity index (χ0) is 20.3. The van der Waals surface area contributed by atoms with Gasteiger partial charge in [0.25, 0.3) is 0 Å². The van der Waals surface area contributed by atoms with Crippen molar-refractivity contribution in [2.24, 2.45) is 0 Å². The largest absolute Gasteiger partial charge is 0.340 e. The van der Waals surface area contributed by atoms with Crippen LogP contribution in [0.4, 0.5) is 0 Å². The zero-order valence-corrected chi connectivity index (χ0v) is 18.4. The van der Waals surface area contributed by atoms with E-state index in [1.807, 2.05) is 0 Å². The van der Waals surface area contributed by atoms with Gasteiger partial charge in [0.2, 0.25) is 5.91 Å². The van der Waals surface area contributed by atoms with Crippen molar-refractivity contribution in [1.29, 1.82) is 0 Å². The van der Waals surface area contributed by atoms with Crippen LogP contribution in [0.1, 0.15) is 72.3 Å². The van der Waals surface area contributed by atoms with E-state index in [9.17, 15) is 4.79 Å². The Hall–Kier alpha value is -1.39. The first-order valence-corrected chi connectivity index (χ1v) is 11.3. The van der Waals surface area contributed by atoms with E-state index in [-0.39, 0.29) is 12.1 Å². The Balaban J connectivity index is 2.02. The minimum Gasteiger partial charge on any atom is -0.340 e. The van der Waals surface area contributed by atoms with E-state index in [0.29, 0.717) is 18.1 Å². The molecule has 2 aliphatic heterocycles. The summed E-state index contributed by atoms with van der Waals surface area (Å²) in [4.78, 5) is 18.9. The second kappa shape index (κ2) is 8.96. The predicted octanol–water partition coefficient (Wildman–Crippen LogP) is 4.15. The SMILES string of the molecule is CCC1NC(=O)C(CCN(C(C)C)C(C)C)(c2ccccc2)C2CCCCN12. The van der Waals surface area contributed by atoms with Gasteiger partial charge in [-0.25, -0.2) is 0 Å². The van der Waals surface area contributed by atoms with Gasteiger partial charge in [-0.2, -0.15) is 0 Å². The second-order valence-electron chi connectivity index (χ2n) is 9.16. The first-order chi connectivity index (χ1) is 13.4. The lowest BCUT2D eigenvalue weighted by molar-refractivity contribution is -0.143. The molecule has 156 valence electrons. The van der Waals surface area contributed by atoms with Crippen molar-refractivity contribution < 1.29 is 4.79 Å². The Bertz CT molecular complexity index is 637. The number of carbonyl (C=O) groups excluding carboxylic acids is 1. The number of hydrogen-bond donors (Lipinski definition) is 1. The molecule has 1 aromatic rings. The lowest BCUT2D eigenvalue weighted by Crippen LogP contribution is -2.71. The third-order valence-corrected chi connectivity index (χ3v) is 6.98. The van der Waals surface area contributed by atoms with E-state index in [1.165, 1.54) is 18.4 Å². The fourth-order valence-corrected chi connectivity index (χ4v) is 5.61. The zero-order valence-electron chi connectivity index (χ0n) is 18.4. The highest BCUT2D eigenvalue weighted by molar-refractivity contribution is 5.90. The first-order valence-electron chi connectivity index (χ1n) is 11.3. The van der Waals surface area contributed by atoms with Crippen LogP contribution in [0.25, 0.3) is 0 Å². The van der Waals surface area contributed by atoms with Crippen LogP contribution in [-0.4, -0.2) is 53.1 Å². The Morgan fingerprint density at radius 3 is 2.43 bits per heavy atom. The van der Waals surface area contributed by atoms with E-state index in [0.717, 1.165) is 32.4 Å². The maximum absolute atomic E-state index is 13.7. The van der Waals surface area contributed by atoms with Gasteiger partial charge in [-0.3, -0.25) is 14.6 Å². The van der Waals surface area contributed by atoms with Crippen molar-refractivity contribution in [3.63, 3.8) is 0 Å². The van der Waals surface area contributed by atoms with Crippen LogP contribution in [0.3, 0.4) is 0 Å². The maximum atomic E-state index is 13.7. The molecule has 0 spiro atoms. The molecule has 3 atom stereocenters. The molecule has 0 aliphatic carbocycles. The summed E-state index contributed by atoms with van der Waals surface area (Å²) in [5.74, 6) is 0.237. The number of piperidine rings is 1. The molecule has 0 saturated carbocycles. The molecule has 0 bridgehead atoms. The van der Waals surface area contributed by atoms with Crippen LogP contribution in [0.15, 0.2) is 30.3 Å². The van der Waals surface area contributed by atoms with Gasteiger partial charge in [-0.05, 0) is 58.9 Å². The van der Waals surface area contributed by atoms with E-state index < -0.39 is 5.41 Å². The molecule has 1 N–H and O–H groups in total. The van der Waals surface area contributed by atoms with Crippen molar-refractivity contribution >= 4 is 5.91 Å². The van der Waals surface area contributed by atoms with Crippen LogP contribution in [0.5, 0.6) is 0 Å². The predicted molar refractivity (Wildman–Crippen MR) is 116 cm³/mol. The average Bonchev–Trinajstić information content (AvgIpc) is 2.69. The number of benzene rings is 1. The Labute approximate surface area is 171 Å². The molecule has 3 unspecified atom stereocenters. The summed E-state index contributed by atoms with van der Waals surface area (Å²) in [7, 11) is 0. The monoisotopic (exact) mass is 385 g/mol. The standard InChI is InChI=1S/C24H39N3O/c1-6-22-25-23(28)24(20-12-8-7-9-13-20,21-14-10-11-16-27(21)22)15-17-26(18(2)3)19(4)5/h7-9,12-13,18-19,21-22H,6,10-11,14-17H2,1-5H3,(H,25,28). The van der Waals surface area contributed by atoms with E-state index in [1.54, 1.807) is 0 Å². The van der Waals surface area contributed by atoms with E-state index in [2.05, 4.69) is 80.1 Å². The van der Waals surface area contributed by atoms with Gasteiger partial charge in [-0.1, -0.05) is 43.7 Å². The summed E-state index contributed by atoms with van der Waals surface area (Å²) in [6.45, 7) is 13.3. The van der Waals surface area contributed by atoms with Crippen LogP contribution in [0.2, 0.25) is 0 Å². The van der Waals surface area contributed by atoms with Crippen LogP contribution < -0.4 is 5.32 Å². The van der Waals surface area contributed by atoms with Gasteiger partial charge < -0.3 is 5.32 Å². The lowest BCUT2D eigenvalue weighted by Gasteiger charge is -2.55. The molecule has 2 saturated heterocycles. The molecule has 2 aliphatic rings. The van der Waals surface area contributed by atoms with Gasteiger partial charge >= 0.3 is 0 Å². The Kier molecular flexibility index (Phi) is 6.82. The molecule has 28 heavy (non-hydrogen) atoms. The molecule has 1 amide bonds. The van der Waals surface area contributed by atoms with Gasteiger partial charge in [0.05, 0.1) is 11.6 Å². The molecule has 4 nitrogen and oxygen atoms in total. The molecular formula is C24H39N3O. The minimum atomic E-state index is -0.463. The number of nitrogens with zero attached hydrogens (tertiary/aromatic N) is 2. The molecule has 2 heterocycles. The highest BCUT2D eigenvalue weighted by atomic mass is 16.2. The maximum Gasteiger partial charge on any atom is 0.233 e. The normalized spacial score (nSPS) is 28.6. The molecular weight excluding hydrogens is 346 g/mol. The highest BCUT2D eigenvalue weighted by Crippen LogP contribution is 2.43. The fraction of sp³-hybridized carbons (Fsp3) is 0.708. The van der Waals surface area contributed by atoms with E-state index >= 15 is 0 Å². The summed E-state index contributed by atoms with van der Waals surface area (Å²) in [5.41, 5.74) is 0.724.